The van der Waals surface area contributed by atoms with E-state index in [4.69, 9.17) is 0 Å². The summed E-state index contributed by atoms with van der Waals surface area (Å²) >= 11 is 0. The zero-order chi connectivity index (χ0) is 16.6. The van der Waals surface area contributed by atoms with E-state index in [0.717, 1.165) is 20.2 Å². The van der Waals surface area contributed by atoms with Crippen LogP contribution < -0.4 is 10.9 Å². The van der Waals surface area contributed by atoms with Crippen molar-refractivity contribution in [2.45, 2.75) is 6.92 Å². The number of benzene rings is 1. The highest BCUT2D eigenvalue weighted by Crippen LogP contribution is 2.21. The first kappa shape index (κ1) is 15.5. The van der Waals surface area contributed by atoms with Crippen molar-refractivity contribution in [2.24, 2.45) is 0 Å². The van der Waals surface area contributed by atoms with Crippen LogP contribution in [0.3, 0.4) is 0 Å². The number of ether oxygens (including phenoxy) is 1. The van der Waals surface area contributed by atoms with Crippen molar-refractivity contribution < 1.29 is 27.5 Å². The maximum atomic E-state index is 13.9. The third-order valence-corrected chi connectivity index (χ3v) is 2.81. The summed E-state index contributed by atoms with van der Waals surface area (Å²) in [4.78, 5) is 34.8. The lowest BCUT2D eigenvalue weighted by atomic mass is 10.1. The maximum Gasteiger partial charge on any atom is 0.343 e. The van der Waals surface area contributed by atoms with E-state index < -0.39 is 51.2 Å². The van der Waals surface area contributed by atoms with E-state index in [1.165, 1.54) is 0 Å². The maximum absolute atomic E-state index is 13.9. The molecule has 0 aliphatic heterocycles. The molecule has 2 aromatic rings. The molecule has 116 valence electrons. The van der Waals surface area contributed by atoms with Gasteiger partial charge >= 0.3 is 5.97 Å². The van der Waals surface area contributed by atoms with Crippen molar-refractivity contribution in [3.63, 3.8) is 0 Å². The molecular formula is C13H9F3N2O4. The fraction of sp³-hybridized carbons (Fsp3) is 0.154. The minimum Gasteiger partial charge on any atom is -0.465 e. The predicted molar refractivity (Wildman–Crippen MR) is 69.5 cm³/mol. The predicted octanol–water partition coefficient (Wildman–Crippen LogP) is 1.30. The van der Waals surface area contributed by atoms with Crippen LogP contribution in [-0.2, 0) is 9.53 Å². The number of nitrogens with zero attached hydrogens (tertiary/aromatic N) is 1. The highest BCUT2D eigenvalue weighted by molar-refractivity contribution is 5.95. The lowest BCUT2D eigenvalue weighted by molar-refractivity contribution is -0.115. The van der Waals surface area contributed by atoms with E-state index >= 15 is 0 Å². The van der Waals surface area contributed by atoms with E-state index in [1.807, 2.05) is 0 Å². The van der Waals surface area contributed by atoms with Crippen LogP contribution in [0.1, 0.15) is 17.3 Å². The van der Waals surface area contributed by atoms with Gasteiger partial charge in [0, 0.05) is 13.1 Å². The Balaban J connectivity index is 2.98. The molecule has 6 nitrogen and oxygen atoms in total. The summed E-state index contributed by atoms with van der Waals surface area (Å²) in [7, 11) is 1.00. The smallest absolute Gasteiger partial charge is 0.343 e. The average molecular weight is 314 g/mol. The number of hydrogen-bond donors (Lipinski definition) is 1. The number of hydrogen-bond acceptors (Lipinski definition) is 4. The molecule has 9 heteroatoms. The van der Waals surface area contributed by atoms with Gasteiger partial charge in [-0.05, 0) is 6.07 Å². The molecule has 0 atom stereocenters. The molecule has 1 aromatic carbocycles. The van der Waals surface area contributed by atoms with Gasteiger partial charge in [-0.2, -0.15) is 0 Å². The molecule has 0 aliphatic carbocycles. The second-order valence-corrected chi connectivity index (χ2v) is 4.28. The third kappa shape index (κ3) is 2.41. The largest absolute Gasteiger partial charge is 0.465 e. The first-order valence-corrected chi connectivity index (χ1v) is 5.86. The minimum atomic E-state index is -1.81. The average Bonchev–Trinajstić information content (AvgIpc) is 2.46. The molecule has 1 amide bonds. The van der Waals surface area contributed by atoms with Gasteiger partial charge in [0.1, 0.15) is 11.1 Å². The number of carbonyl (C=O) groups is 2. The molecule has 1 N–H and O–H groups in total. The Kier molecular flexibility index (Phi) is 3.89. The molecule has 1 heterocycles. The van der Waals surface area contributed by atoms with Gasteiger partial charge in [0.25, 0.3) is 0 Å². The molecule has 0 saturated heterocycles. The molecule has 22 heavy (non-hydrogen) atoms. The van der Waals surface area contributed by atoms with Crippen LogP contribution in [0.25, 0.3) is 10.9 Å². The molecule has 1 aromatic heterocycles. The van der Waals surface area contributed by atoms with Gasteiger partial charge in [0.2, 0.25) is 11.3 Å². The SMILES string of the molecule is COC(=O)c1cn(NC(C)=O)c2c(F)c(F)c(F)cc2c1=O. The van der Waals surface area contributed by atoms with Crippen molar-refractivity contribution in [1.29, 1.82) is 0 Å². The molecular weight excluding hydrogens is 305 g/mol. The summed E-state index contributed by atoms with van der Waals surface area (Å²) in [6.45, 7) is 1.07. The van der Waals surface area contributed by atoms with E-state index in [-0.39, 0.29) is 0 Å². The molecule has 0 aliphatic rings. The monoisotopic (exact) mass is 314 g/mol. The van der Waals surface area contributed by atoms with Crippen LogP contribution in [0.4, 0.5) is 13.2 Å². The van der Waals surface area contributed by atoms with Gasteiger partial charge in [-0.15, -0.1) is 0 Å². The number of fused-ring (bicyclic) bond motifs is 1. The molecule has 0 spiro atoms. The second kappa shape index (κ2) is 5.51. The summed E-state index contributed by atoms with van der Waals surface area (Å²) in [6, 6.07) is 0.445. The molecule has 0 unspecified atom stereocenters. The van der Waals surface area contributed by atoms with Gasteiger partial charge in [-0.3, -0.25) is 19.7 Å². The normalized spacial score (nSPS) is 10.6. The Labute approximate surface area is 121 Å². The number of methoxy groups -OCH3 is 1. The zero-order valence-corrected chi connectivity index (χ0v) is 11.4. The Morgan fingerprint density at radius 1 is 1.23 bits per heavy atom. The van der Waals surface area contributed by atoms with Gasteiger partial charge in [-0.1, -0.05) is 0 Å². The number of amides is 1. The molecule has 2 rings (SSSR count). The Hall–Kier alpha value is -2.84. The van der Waals surface area contributed by atoms with Crippen LogP contribution in [0.15, 0.2) is 17.1 Å². The van der Waals surface area contributed by atoms with Crippen LogP contribution in [0, 0.1) is 17.5 Å². The Morgan fingerprint density at radius 3 is 2.41 bits per heavy atom. The quantitative estimate of drug-likeness (QED) is 0.669. The van der Waals surface area contributed by atoms with Gasteiger partial charge in [0.05, 0.1) is 12.5 Å². The summed E-state index contributed by atoms with van der Waals surface area (Å²) in [6.07, 6.45) is 0.776. The highest BCUT2D eigenvalue weighted by atomic mass is 19.2. The first-order valence-electron chi connectivity index (χ1n) is 5.86. The third-order valence-electron chi connectivity index (χ3n) is 2.81. The molecule has 0 radical (unpaired) electrons. The molecule has 0 saturated carbocycles. The number of nitrogens with one attached hydrogen (secondary N) is 1. The van der Waals surface area contributed by atoms with Crippen molar-refractivity contribution >= 4 is 22.8 Å². The van der Waals surface area contributed by atoms with Crippen molar-refractivity contribution in [2.75, 3.05) is 12.5 Å². The number of carbonyl (C=O) groups excluding carboxylic acids is 2. The van der Waals surface area contributed by atoms with E-state index in [0.29, 0.717) is 10.7 Å². The fourth-order valence-electron chi connectivity index (χ4n) is 1.90. The number of esters is 1. The van der Waals surface area contributed by atoms with Crippen molar-refractivity contribution in [1.82, 2.24) is 4.68 Å². The fourth-order valence-corrected chi connectivity index (χ4v) is 1.90. The summed E-state index contributed by atoms with van der Waals surface area (Å²) in [5.74, 6) is -6.84. The topological polar surface area (TPSA) is 77.4 Å². The van der Waals surface area contributed by atoms with Crippen LogP contribution >= 0.6 is 0 Å². The standard InChI is InChI=1S/C13H9F3N2O4/c1-5(19)17-18-4-7(13(21)22-2)12(20)6-3-8(14)9(15)10(16)11(6)18/h3-4H,1-2H3,(H,17,19). The van der Waals surface area contributed by atoms with Crippen LogP contribution in [0.2, 0.25) is 0 Å². The zero-order valence-electron chi connectivity index (χ0n) is 11.4. The lowest BCUT2D eigenvalue weighted by Gasteiger charge is -2.14. The van der Waals surface area contributed by atoms with Gasteiger partial charge in [-0.25, -0.2) is 18.0 Å². The number of halogens is 3. The summed E-state index contributed by atoms with van der Waals surface area (Å²) in [5.41, 5.74) is -0.247. The van der Waals surface area contributed by atoms with Crippen LogP contribution in [-0.4, -0.2) is 23.7 Å². The number of pyridine rings is 1. The van der Waals surface area contributed by atoms with Crippen LogP contribution in [0.5, 0.6) is 0 Å². The Morgan fingerprint density at radius 2 is 1.86 bits per heavy atom. The van der Waals surface area contributed by atoms with E-state index in [1.54, 1.807) is 0 Å². The summed E-state index contributed by atoms with van der Waals surface area (Å²) in [5, 5.41) is -0.618. The van der Waals surface area contributed by atoms with Gasteiger partial charge < -0.3 is 4.74 Å². The minimum absolute atomic E-state index is 0.445. The number of aromatic nitrogens is 1. The molecule has 0 bridgehead atoms. The highest BCUT2D eigenvalue weighted by Gasteiger charge is 2.23. The van der Waals surface area contributed by atoms with E-state index in [2.05, 4.69) is 10.2 Å². The summed E-state index contributed by atoms with van der Waals surface area (Å²) < 4.78 is 45.6. The second-order valence-electron chi connectivity index (χ2n) is 4.28. The lowest BCUT2D eigenvalue weighted by Crippen LogP contribution is -2.27. The molecule has 0 fully saturated rings. The number of rotatable bonds is 2. The first-order chi connectivity index (χ1) is 10.3. The van der Waals surface area contributed by atoms with E-state index in [9.17, 15) is 27.6 Å². The van der Waals surface area contributed by atoms with Crippen molar-refractivity contribution in [3.05, 3.63) is 45.5 Å². The van der Waals surface area contributed by atoms with Crippen molar-refractivity contribution in [3.8, 4) is 0 Å². The van der Waals surface area contributed by atoms with Gasteiger partial charge in [0.15, 0.2) is 17.5 Å². The Bertz CT molecular complexity index is 861.